The fourth-order valence-electron chi connectivity index (χ4n) is 4.40. The lowest BCUT2D eigenvalue weighted by atomic mass is 9.85. The first kappa shape index (κ1) is 20.4. The van der Waals surface area contributed by atoms with Crippen molar-refractivity contribution in [3.8, 4) is 6.07 Å². The number of hydrogen-bond acceptors (Lipinski definition) is 4. The van der Waals surface area contributed by atoms with E-state index in [0.717, 1.165) is 42.2 Å². The van der Waals surface area contributed by atoms with Crippen molar-refractivity contribution in [3.05, 3.63) is 40.9 Å². The van der Waals surface area contributed by atoms with Gasteiger partial charge < -0.3 is 14.9 Å². The van der Waals surface area contributed by atoms with E-state index in [2.05, 4.69) is 19.9 Å². The van der Waals surface area contributed by atoms with E-state index >= 15 is 0 Å². The minimum atomic E-state index is -4.42. The van der Waals surface area contributed by atoms with Crippen LogP contribution < -0.4 is 10.7 Å². The Morgan fingerprint density at radius 1 is 1.27 bits per heavy atom. The molecule has 9 heteroatoms. The fraction of sp³-hybridized carbons (Fsp3) is 0.476. The summed E-state index contributed by atoms with van der Waals surface area (Å²) < 4.78 is 41.0. The molecule has 0 aromatic carbocycles. The zero-order valence-corrected chi connectivity index (χ0v) is 16.2. The van der Waals surface area contributed by atoms with Gasteiger partial charge in [0, 0.05) is 36.1 Å². The van der Waals surface area contributed by atoms with Crippen LogP contribution in [0.4, 0.5) is 13.2 Å². The van der Waals surface area contributed by atoms with Crippen LogP contribution in [-0.2, 0) is 0 Å². The standard InChI is InChI=1S/C21H22F3N5O/c22-21(23,24)18(5-8-25)27-11-13-1-3-14(4-2-13)29-10-7-17(30)16-12-28-20-15(19(16)29)6-9-26-20/h6-7,9-10,12-14,18,27H,1-5,11H2,(H,26,28)/t13-,14-,18-/m1/s1. The van der Waals surface area contributed by atoms with E-state index in [0.29, 0.717) is 5.39 Å². The molecule has 3 aromatic rings. The Bertz CT molecular complexity index is 1140. The average molecular weight is 417 g/mol. The van der Waals surface area contributed by atoms with Crippen molar-refractivity contribution in [3.63, 3.8) is 0 Å². The van der Waals surface area contributed by atoms with Crippen molar-refractivity contribution in [2.24, 2.45) is 5.92 Å². The number of pyridine rings is 2. The summed E-state index contributed by atoms with van der Waals surface area (Å²) in [6.07, 6.45) is 3.39. The number of hydrogen-bond donors (Lipinski definition) is 2. The van der Waals surface area contributed by atoms with Crippen LogP contribution in [-0.4, -0.2) is 33.3 Å². The highest BCUT2D eigenvalue weighted by atomic mass is 19.4. The van der Waals surface area contributed by atoms with Gasteiger partial charge in [0.2, 0.25) is 0 Å². The third-order valence-corrected chi connectivity index (χ3v) is 6.02. The van der Waals surface area contributed by atoms with Crippen molar-refractivity contribution in [2.45, 2.75) is 50.4 Å². The van der Waals surface area contributed by atoms with E-state index in [1.165, 1.54) is 0 Å². The summed E-state index contributed by atoms with van der Waals surface area (Å²) in [7, 11) is 0. The number of nitriles is 1. The summed E-state index contributed by atoms with van der Waals surface area (Å²) in [5, 5.41) is 12.6. The highest BCUT2D eigenvalue weighted by molar-refractivity contribution is 6.02. The molecule has 4 rings (SSSR count). The molecule has 2 N–H and O–H groups in total. The minimum Gasteiger partial charge on any atom is -0.346 e. The normalized spacial score (nSPS) is 21.0. The largest absolute Gasteiger partial charge is 0.404 e. The molecular formula is C21H22F3N5O. The molecule has 0 radical (unpaired) electrons. The molecule has 0 saturated heterocycles. The molecule has 3 heterocycles. The Morgan fingerprint density at radius 3 is 2.73 bits per heavy atom. The van der Waals surface area contributed by atoms with Gasteiger partial charge in [-0.3, -0.25) is 4.79 Å². The molecule has 0 spiro atoms. The van der Waals surface area contributed by atoms with E-state index in [1.54, 1.807) is 24.5 Å². The Balaban J connectivity index is 1.49. The van der Waals surface area contributed by atoms with E-state index in [4.69, 9.17) is 5.26 Å². The van der Waals surface area contributed by atoms with Crippen LogP contribution in [0.2, 0.25) is 0 Å². The van der Waals surface area contributed by atoms with Crippen LogP contribution in [0.3, 0.4) is 0 Å². The maximum atomic E-state index is 13.0. The van der Waals surface area contributed by atoms with Gasteiger partial charge in [0.05, 0.1) is 23.4 Å². The summed E-state index contributed by atoms with van der Waals surface area (Å²) in [6.45, 7) is 0.246. The zero-order chi connectivity index (χ0) is 21.3. The molecule has 0 unspecified atom stereocenters. The van der Waals surface area contributed by atoms with Gasteiger partial charge in [0.15, 0.2) is 5.43 Å². The number of nitrogens with zero attached hydrogens (tertiary/aromatic N) is 3. The molecule has 1 fully saturated rings. The van der Waals surface area contributed by atoms with E-state index < -0.39 is 18.6 Å². The second kappa shape index (κ2) is 8.11. The van der Waals surface area contributed by atoms with Gasteiger partial charge in [0.25, 0.3) is 0 Å². The topological polar surface area (TPSA) is 86.5 Å². The first-order chi connectivity index (χ1) is 14.4. The monoisotopic (exact) mass is 417 g/mol. The number of aromatic amines is 1. The van der Waals surface area contributed by atoms with Gasteiger partial charge in [-0.05, 0) is 44.2 Å². The van der Waals surface area contributed by atoms with Crippen LogP contribution in [0.1, 0.15) is 38.1 Å². The molecule has 0 bridgehead atoms. The molecular weight excluding hydrogens is 395 g/mol. The van der Waals surface area contributed by atoms with Crippen LogP contribution in [0.25, 0.3) is 21.9 Å². The van der Waals surface area contributed by atoms with Crippen molar-refractivity contribution in [1.82, 2.24) is 19.9 Å². The molecule has 0 aliphatic heterocycles. The lowest BCUT2D eigenvalue weighted by molar-refractivity contribution is -0.155. The number of alkyl halides is 3. The lowest BCUT2D eigenvalue weighted by Gasteiger charge is -2.32. The third-order valence-electron chi connectivity index (χ3n) is 6.02. The number of H-pyrrole nitrogens is 1. The van der Waals surface area contributed by atoms with E-state index in [9.17, 15) is 18.0 Å². The van der Waals surface area contributed by atoms with Gasteiger partial charge in [-0.1, -0.05) is 0 Å². The van der Waals surface area contributed by atoms with Gasteiger partial charge in [-0.15, -0.1) is 0 Å². The number of nitrogens with one attached hydrogen (secondary N) is 2. The Labute approximate surface area is 170 Å². The van der Waals surface area contributed by atoms with Crippen LogP contribution >= 0.6 is 0 Å². The fourth-order valence-corrected chi connectivity index (χ4v) is 4.40. The molecule has 30 heavy (non-hydrogen) atoms. The first-order valence-corrected chi connectivity index (χ1v) is 10.0. The summed E-state index contributed by atoms with van der Waals surface area (Å²) >= 11 is 0. The zero-order valence-electron chi connectivity index (χ0n) is 16.2. The van der Waals surface area contributed by atoms with Crippen LogP contribution in [0, 0.1) is 17.2 Å². The predicted octanol–water partition coefficient (Wildman–Crippen LogP) is 4.04. The minimum absolute atomic E-state index is 0.0783. The van der Waals surface area contributed by atoms with Gasteiger partial charge in [0.1, 0.15) is 11.7 Å². The van der Waals surface area contributed by atoms with Crippen molar-refractivity contribution >= 4 is 21.9 Å². The molecule has 158 valence electrons. The van der Waals surface area contributed by atoms with Crippen molar-refractivity contribution in [1.29, 1.82) is 5.26 Å². The van der Waals surface area contributed by atoms with Crippen molar-refractivity contribution < 1.29 is 13.2 Å². The highest BCUT2D eigenvalue weighted by Crippen LogP contribution is 2.35. The molecule has 6 nitrogen and oxygen atoms in total. The van der Waals surface area contributed by atoms with Gasteiger partial charge >= 0.3 is 6.18 Å². The van der Waals surface area contributed by atoms with Gasteiger partial charge in [-0.25, -0.2) is 4.98 Å². The smallest absolute Gasteiger partial charge is 0.346 e. The third kappa shape index (κ3) is 3.92. The lowest BCUT2D eigenvalue weighted by Crippen LogP contribution is -2.44. The molecule has 1 aliphatic carbocycles. The molecule has 1 atom stereocenters. The molecule has 1 aliphatic rings. The number of halogens is 3. The SMILES string of the molecule is N#CC[C@@H](NC[C@H]1CC[C@H](n2ccc(=O)c3cnc4[nH]ccc4c32)CC1)C(F)(F)F. The van der Waals surface area contributed by atoms with E-state index in [1.807, 2.05) is 12.3 Å². The highest BCUT2D eigenvalue weighted by Gasteiger charge is 2.39. The van der Waals surface area contributed by atoms with E-state index in [-0.39, 0.29) is 23.9 Å². The molecule has 0 amide bonds. The first-order valence-electron chi connectivity index (χ1n) is 10.0. The van der Waals surface area contributed by atoms with Crippen LogP contribution in [0.5, 0.6) is 0 Å². The number of aromatic nitrogens is 3. The number of rotatable bonds is 5. The summed E-state index contributed by atoms with van der Waals surface area (Å²) in [5.74, 6) is 0.129. The van der Waals surface area contributed by atoms with Gasteiger partial charge in [-0.2, -0.15) is 18.4 Å². The summed E-state index contributed by atoms with van der Waals surface area (Å²) in [4.78, 5) is 19.7. The Kier molecular flexibility index (Phi) is 5.52. The molecule has 1 saturated carbocycles. The van der Waals surface area contributed by atoms with Crippen LogP contribution in [0.15, 0.2) is 35.5 Å². The second-order valence-electron chi connectivity index (χ2n) is 7.89. The summed E-state index contributed by atoms with van der Waals surface area (Å²) in [5.41, 5.74) is 1.49. The predicted molar refractivity (Wildman–Crippen MR) is 107 cm³/mol. The Morgan fingerprint density at radius 2 is 2.03 bits per heavy atom. The Hall–Kier alpha value is -2.86. The number of fused-ring (bicyclic) bond motifs is 3. The molecule has 3 aromatic heterocycles. The summed E-state index contributed by atoms with van der Waals surface area (Å²) in [6, 6.07) is 3.45. The average Bonchev–Trinajstić information content (AvgIpc) is 3.20. The quantitative estimate of drug-likeness (QED) is 0.656. The maximum Gasteiger partial charge on any atom is 0.404 e. The maximum absolute atomic E-state index is 13.0. The second-order valence-corrected chi connectivity index (χ2v) is 7.89. The van der Waals surface area contributed by atoms with Crippen molar-refractivity contribution in [2.75, 3.05) is 6.54 Å².